The van der Waals surface area contributed by atoms with Gasteiger partial charge in [0.1, 0.15) is 30.3 Å². The van der Waals surface area contributed by atoms with Gasteiger partial charge in [0.05, 0.1) is 22.9 Å². The van der Waals surface area contributed by atoms with Gasteiger partial charge in [0.2, 0.25) is 0 Å². The van der Waals surface area contributed by atoms with E-state index in [1.807, 2.05) is 20.8 Å². The third-order valence-electron chi connectivity index (χ3n) is 8.58. The van der Waals surface area contributed by atoms with E-state index < -0.39 is 78.0 Å². The molecule has 1 aliphatic carbocycles. The predicted octanol–water partition coefficient (Wildman–Crippen LogP) is 6.27. The van der Waals surface area contributed by atoms with Crippen molar-refractivity contribution in [1.29, 1.82) is 5.41 Å². The Labute approximate surface area is 293 Å². The van der Waals surface area contributed by atoms with E-state index in [0.717, 1.165) is 15.9 Å². The molecule has 3 atom stereocenters. The fourth-order valence-corrected chi connectivity index (χ4v) is 6.42. The van der Waals surface area contributed by atoms with Crippen molar-refractivity contribution in [2.24, 2.45) is 12.5 Å². The molecule has 4 aromatic rings. The molecule has 1 saturated heterocycles. The van der Waals surface area contributed by atoms with Gasteiger partial charge in [-0.15, -0.1) is 0 Å². The minimum Gasteiger partial charge on any atom is -0.447 e. The quantitative estimate of drug-likeness (QED) is 0.163. The van der Waals surface area contributed by atoms with Crippen LogP contribution in [-0.4, -0.2) is 66.0 Å². The monoisotopic (exact) mass is 733 g/mol. The number of carbonyl (C=O) groups is 2. The number of rotatable bonds is 10. The van der Waals surface area contributed by atoms with Gasteiger partial charge in [0.15, 0.2) is 11.8 Å². The molecule has 3 N–H and O–H groups in total. The van der Waals surface area contributed by atoms with Gasteiger partial charge in [-0.05, 0) is 41.2 Å². The number of nitrogens with one attached hydrogen (secondary N) is 3. The van der Waals surface area contributed by atoms with E-state index in [9.17, 15) is 27.2 Å². The van der Waals surface area contributed by atoms with Crippen molar-refractivity contribution in [3.05, 3.63) is 82.9 Å². The minimum absolute atomic E-state index is 0.0215. The number of ether oxygens (including phenoxy) is 1. The van der Waals surface area contributed by atoms with Crippen LogP contribution in [0.1, 0.15) is 63.0 Å². The second kappa shape index (κ2) is 12.9. The zero-order chi connectivity index (χ0) is 37.0. The highest BCUT2D eigenvalue weighted by atomic mass is 35.5. The molecule has 3 heterocycles. The number of halogens is 6. The summed E-state index contributed by atoms with van der Waals surface area (Å²) in [4.78, 5) is 32.0. The number of hydrogen-bond acceptors (Lipinski definition) is 7. The first-order valence-corrected chi connectivity index (χ1v) is 16.1. The van der Waals surface area contributed by atoms with Crippen LogP contribution in [0.3, 0.4) is 0 Å². The van der Waals surface area contributed by atoms with E-state index >= 15 is 4.39 Å². The molecule has 2 aliphatic rings. The summed E-state index contributed by atoms with van der Waals surface area (Å²) in [6.07, 6.45) is -0.698. The molecule has 1 aliphatic heterocycles. The normalized spacial score (nSPS) is 20.5. The number of hydrogen-bond donors (Lipinski definition) is 3. The number of nitrogens with zero attached hydrogens (tertiary/aromatic N) is 6. The largest absolute Gasteiger partial charge is 0.447 e. The SMILES string of the molecule is Cn1cc(-c2ccc([C@@]3(CC(C)(C)C)NC(=N)N([C@H](COC(=O)NC4CC4(F)F)c4ccc(Cl)c(-n5ncnc5C(F)F)c4)C3=O)cc2F)cn1. The Kier molecular flexibility index (Phi) is 9.06. The zero-order valence-electron chi connectivity index (χ0n) is 27.7. The topological polar surface area (TPSA) is 143 Å². The Morgan fingerprint density at radius 2 is 1.92 bits per heavy atom. The Hall–Kier alpha value is -5.06. The molecule has 2 amide bonds. The minimum atomic E-state index is -3.09. The number of alkyl halides is 4. The fourth-order valence-electron chi connectivity index (χ4n) is 6.22. The molecular weight excluding hydrogens is 701 g/mol. The molecule has 0 radical (unpaired) electrons. The van der Waals surface area contributed by atoms with Gasteiger partial charge in [-0.25, -0.2) is 36.4 Å². The predicted molar refractivity (Wildman–Crippen MR) is 174 cm³/mol. The van der Waals surface area contributed by atoms with Crippen LogP contribution >= 0.6 is 11.6 Å². The lowest BCUT2D eigenvalue weighted by atomic mass is 9.75. The lowest BCUT2D eigenvalue weighted by Crippen LogP contribution is -2.47. The van der Waals surface area contributed by atoms with Gasteiger partial charge in [0.25, 0.3) is 18.3 Å². The second-order valence-electron chi connectivity index (χ2n) is 13.7. The van der Waals surface area contributed by atoms with Crippen LogP contribution in [0.25, 0.3) is 16.8 Å². The van der Waals surface area contributed by atoms with Crippen molar-refractivity contribution in [2.75, 3.05) is 6.61 Å². The number of carbonyl (C=O) groups excluding carboxylic acids is 2. The van der Waals surface area contributed by atoms with E-state index in [2.05, 4.69) is 25.8 Å². The van der Waals surface area contributed by atoms with Crippen molar-refractivity contribution < 1.29 is 36.3 Å². The van der Waals surface area contributed by atoms with Crippen LogP contribution in [-0.2, 0) is 22.1 Å². The molecule has 0 spiro atoms. The van der Waals surface area contributed by atoms with Gasteiger partial charge >= 0.3 is 6.09 Å². The number of aryl methyl sites for hydroxylation is 1. The van der Waals surface area contributed by atoms with Gasteiger partial charge < -0.3 is 15.4 Å². The maximum absolute atomic E-state index is 15.8. The molecule has 270 valence electrons. The molecule has 12 nitrogen and oxygen atoms in total. The van der Waals surface area contributed by atoms with Crippen molar-refractivity contribution >= 4 is 29.6 Å². The molecule has 2 aromatic carbocycles. The Bertz CT molecular complexity index is 2010. The van der Waals surface area contributed by atoms with Crippen molar-refractivity contribution in [3.8, 4) is 16.8 Å². The summed E-state index contributed by atoms with van der Waals surface area (Å²) in [6.45, 7) is 4.91. The first-order valence-electron chi connectivity index (χ1n) is 15.7. The Morgan fingerprint density at radius 3 is 2.53 bits per heavy atom. The lowest BCUT2D eigenvalue weighted by molar-refractivity contribution is -0.134. The van der Waals surface area contributed by atoms with Gasteiger partial charge in [-0.2, -0.15) is 10.2 Å². The fraction of sp³-hybridized carbons (Fsp3) is 0.394. The Balaban J connectivity index is 1.42. The lowest BCUT2D eigenvalue weighted by Gasteiger charge is -2.35. The number of benzene rings is 2. The summed E-state index contributed by atoms with van der Waals surface area (Å²) in [5.41, 5.74) is -1.25. The smallest absolute Gasteiger partial charge is 0.407 e. The molecule has 18 heteroatoms. The number of aromatic nitrogens is 5. The second-order valence-corrected chi connectivity index (χ2v) is 14.1. The maximum atomic E-state index is 15.8. The summed E-state index contributed by atoms with van der Waals surface area (Å²) >= 11 is 6.40. The highest BCUT2D eigenvalue weighted by Crippen LogP contribution is 2.44. The molecule has 0 bridgehead atoms. The first-order chi connectivity index (χ1) is 23.9. The van der Waals surface area contributed by atoms with E-state index in [4.69, 9.17) is 21.7 Å². The summed E-state index contributed by atoms with van der Waals surface area (Å²) in [5.74, 6) is -5.63. The summed E-state index contributed by atoms with van der Waals surface area (Å²) < 4.78 is 78.1. The van der Waals surface area contributed by atoms with E-state index in [1.165, 1.54) is 41.2 Å². The molecule has 6 rings (SSSR count). The number of amides is 2. The Morgan fingerprint density at radius 1 is 1.20 bits per heavy atom. The van der Waals surface area contributed by atoms with Crippen LogP contribution in [0.5, 0.6) is 0 Å². The number of guanidine groups is 1. The van der Waals surface area contributed by atoms with E-state index in [0.29, 0.717) is 5.56 Å². The van der Waals surface area contributed by atoms with E-state index in [-0.39, 0.29) is 33.8 Å². The van der Waals surface area contributed by atoms with Crippen molar-refractivity contribution in [2.45, 2.75) is 63.6 Å². The summed E-state index contributed by atoms with van der Waals surface area (Å²) in [5, 5.41) is 22.0. The molecule has 51 heavy (non-hydrogen) atoms. The van der Waals surface area contributed by atoms with E-state index in [1.54, 1.807) is 19.3 Å². The van der Waals surface area contributed by atoms with Crippen LogP contribution in [0.4, 0.5) is 26.7 Å². The molecule has 1 unspecified atom stereocenters. The highest BCUT2D eigenvalue weighted by Gasteiger charge is 2.58. The van der Waals surface area contributed by atoms with Crippen LogP contribution in [0.2, 0.25) is 5.02 Å². The molecular formula is C33H33ClF5N9O3. The van der Waals surface area contributed by atoms with Crippen LogP contribution in [0, 0.1) is 16.6 Å². The highest BCUT2D eigenvalue weighted by molar-refractivity contribution is 6.32. The third-order valence-corrected chi connectivity index (χ3v) is 8.90. The van der Waals surface area contributed by atoms with Crippen LogP contribution in [0.15, 0.2) is 55.1 Å². The summed E-state index contributed by atoms with van der Waals surface area (Å²) in [7, 11) is 1.69. The molecule has 1 saturated carbocycles. The standard InChI is InChI=1S/C33H33ClF5N9O3/c1-31(2,3)15-32(19-6-7-20(22(35)10-19)18-12-42-46(4)13-18)28(49)47(29(40)45-32)24(14-51-30(50)44-25-11-33(25,38)39)17-5-8-21(34)23(9-17)48-27(26(36)37)41-16-43-48/h5-10,12-13,16,24-26H,11,14-15H2,1-4H3,(H2,40,45)(H,44,50)/t24-,25?,32-/m1/s1. The molecule has 2 fully saturated rings. The van der Waals surface area contributed by atoms with Gasteiger partial charge in [-0.1, -0.05) is 50.6 Å². The summed E-state index contributed by atoms with van der Waals surface area (Å²) in [6, 6.07) is 5.62. The maximum Gasteiger partial charge on any atom is 0.407 e. The first kappa shape index (κ1) is 35.8. The van der Waals surface area contributed by atoms with Gasteiger partial charge in [-0.3, -0.25) is 19.8 Å². The zero-order valence-corrected chi connectivity index (χ0v) is 28.5. The van der Waals surface area contributed by atoms with Crippen molar-refractivity contribution in [1.82, 2.24) is 40.1 Å². The van der Waals surface area contributed by atoms with Crippen molar-refractivity contribution in [3.63, 3.8) is 0 Å². The number of alkyl carbamates (subject to hydrolysis) is 1. The average molecular weight is 734 g/mol. The molecule has 2 aromatic heterocycles. The van der Waals surface area contributed by atoms with Gasteiger partial charge in [0, 0.05) is 30.8 Å². The average Bonchev–Trinajstić information content (AvgIpc) is 3.44. The third kappa shape index (κ3) is 6.98. The van der Waals surface area contributed by atoms with Crippen LogP contribution < -0.4 is 10.6 Å².